The maximum atomic E-state index is 12.5. The molecule has 0 spiro atoms. The molecule has 242 valence electrons. The van der Waals surface area contributed by atoms with Crippen molar-refractivity contribution in [3.63, 3.8) is 0 Å². The summed E-state index contributed by atoms with van der Waals surface area (Å²) in [7, 11) is 0. The lowest BCUT2D eigenvalue weighted by molar-refractivity contribution is -0.167. The topological polar surface area (TPSA) is 78.9 Å². The summed E-state index contributed by atoms with van der Waals surface area (Å²) in [6.07, 6.45) is 26.8. The Morgan fingerprint density at radius 3 is 0.976 bits per heavy atom. The van der Waals surface area contributed by atoms with Crippen molar-refractivity contribution < 1.29 is 28.6 Å². The lowest BCUT2D eigenvalue weighted by Crippen LogP contribution is -2.30. The van der Waals surface area contributed by atoms with Crippen LogP contribution in [0.1, 0.15) is 188 Å². The Bertz CT molecular complexity index is 605. The average Bonchev–Trinajstić information content (AvgIpc) is 2.96. The van der Waals surface area contributed by atoms with E-state index in [-0.39, 0.29) is 31.1 Å². The fraction of sp³-hybridized carbons (Fsp3) is 0.914. The molecule has 6 heteroatoms. The second-order valence-corrected chi connectivity index (χ2v) is 11.8. The van der Waals surface area contributed by atoms with E-state index in [4.69, 9.17) is 14.2 Å². The zero-order chi connectivity index (χ0) is 30.2. The van der Waals surface area contributed by atoms with Crippen LogP contribution >= 0.6 is 0 Å². The van der Waals surface area contributed by atoms with E-state index in [9.17, 15) is 14.4 Å². The molecule has 6 nitrogen and oxygen atoms in total. The van der Waals surface area contributed by atoms with Crippen LogP contribution in [-0.2, 0) is 28.6 Å². The summed E-state index contributed by atoms with van der Waals surface area (Å²) in [5.41, 5.74) is 0. The standard InChI is InChI=1S/C35H66O6/c1-4-7-10-13-16-18-20-22-25-28-34(37)40-31-32(30-39-33(36)27-24-21-15-12-9-6-3)41-35(38)29-26-23-19-17-14-11-8-5-2/h32H,4-31H2,1-3H3. The lowest BCUT2D eigenvalue weighted by atomic mass is 10.1. The highest BCUT2D eigenvalue weighted by Gasteiger charge is 2.19. The monoisotopic (exact) mass is 582 g/mol. The molecule has 1 unspecified atom stereocenters. The van der Waals surface area contributed by atoms with Gasteiger partial charge in [0.2, 0.25) is 0 Å². The number of rotatable bonds is 31. The molecule has 0 fully saturated rings. The Kier molecular flexibility index (Phi) is 30.1. The zero-order valence-corrected chi connectivity index (χ0v) is 27.3. The van der Waals surface area contributed by atoms with Gasteiger partial charge in [-0.3, -0.25) is 14.4 Å². The van der Waals surface area contributed by atoms with Gasteiger partial charge >= 0.3 is 17.9 Å². The van der Waals surface area contributed by atoms with Gasteiger partial charge in [0, 0.05) is 19.3 Å². The summed E-state index contributed by atoms with van der Waals surface area (Å²) in [6, 6.07) is 0. The molecule has 0 saturated carbocycles. The van der Waals surface area contributed by atoms with Gasteiger partial charge in [0.15, 0.2) is 6.10 Å². The van der Waals surface area contributed by atoms with E-state index in [0.717, 1.165) is 57.8 Å². The van der Waals surface area contributed by atoms with Gasteiger partial charge in [0.1, 0.15) is 13.2 Å². The second kappa shape index (κ2) is 31.3. The van der Waals surface area contributed by atoms with Crippen molar-refractivity contribution >= 4 is 17.9 Å². The molecule has 0 heterocycles. The molecular formula is C35H66O6. The minimum atomic E-state index is -0.753. The van der Waals surface area contributed by atoms with E-state index < -0.39 is 6.10 Å². The number of ether oxygens (including phenoxy) is 3. The number of carbonyl (C=O) groups is 3. The maximum Gasteiger partial charge on any atom is 0.306 e. The predicted octanol–water partition coefficient (Wildman–Crippen LogP) is 10.2. The predicted molar refractivity (Wildman–Crippen MR) is 169 cm³/mol. The largest absolute Gasteiger partial charge is 0.462 e. The number of carbonyl (C=O) groups excluding carboxylic acids is 3. The molecule has 1 atom stereocenters. The summed E-state index contributed by atoms with van der Waals surface area (Å²) in [4.78, 5) is 37.0. The van der Waals surface area contributed by atoms with Gasteiger partial charge in [0.05, 0.1) is 0 Å². The molecular weight excluding hydrogens is 516 g/mol. The van der Waals surface area contributed by atoms with Crippen LogP contribution in [0.5, 0.6) is 0 Å². The van der Waals surface area contributed by atoms with Crippen molar-refractivity contribution in [2.75, 3.05) is 13.2 Å². The molecule has 0 aromatic rings. The first kappa shape index (κ1) is 39.4. The molecule has 0 aromatic carbocycles. The van der Waals surface area contributed by atoms with Crippen LogP contribution in [0.15, 0.2) is 0 Å². The number of esters is 3. The van der Waals surface area contributed by atoms with Crippen LogP contribution in [0.4, 0.5) is 0 Å². The zero-order valence-electron chi connectivity index (χ0n) is 27.3. The summed E-state index contributed by atoms with van der Waals surface area (Å²) in [6.45, 7) is 6.50. The smallest absolute Gasteiger partial charge is 0.306 e. The molecule has 0 amide bonds. The Morgan fingerprint density at radius 2 is 0.659 bits per heavy atom. The number of hydrogen-bond donors (Lipinski definition) is 0. The van der Waals surface area contributed by atoms with E-state index >= 15 is 0 Å². The van der Waals surface area contributed by atoms with Gasteiger partial charge in [-0.25, -0.2) is 0 Å². The highest BCUT2D eigenvalue weighted by molar-refractivity contribution is 5.71. The molecule has 0 aliphatic heterocycles. The lowest BCUT2D eigenvalue weighted by Gasteiger charge is -2.18. The third-order valence-corrected chi connectivity index (χ3v) is 7.61. The quantitative estimate of drug-likeness (QED) is 0.0459. The third kappa shape index (κ3) is 29.7. The highest BCUT2D eigenvalue weighted by atomic mass is 16.6. The van der Waals surface area contributed by atoms with Crippen molar-refractivity contribution in [3.8, 4) is 0 Å². The summed E-state index contributed by atoms with van der Waals surface area (Å²) < 4.78 is 16.4. The number of unbranched alkanes of at least 4 members (excludes halogenated alkanes) is 20. The molecule has 0 aliphatic carbocycles. The van der Waals surface area contributed by atoms with Crippen LogP contribution < -0.4 is 0 Å². The van der Waals surface area contributed by atoms with Gasteiger partial charge in [-0.15, -0.1) is 0 Å². The molecule has 0 radical (unpaired) electrons. The van der Waals surface area contributed by atoms with E-state index in [1.807, 2.05) is 0 Å². The first-order valence-electron chi connectivity index (χ1n) is 17.5. The van der Waals surface area contributed by atoms with Crippen molar-refractivity contribution in [1.29, 1.82) is 0 Å². The Hall–Kier alpha value is -1.59. The van der Waals surface area contributed by atoms with Gasteiger partial charge in [-0.2, -0.15) is 0 Å². The molecule has 0 bridgehead atoms. The van der Waals surface area contributed by atoms with Gasteiger partial charge < -0.3 is 14.2 Å². The van der Waals surface area contributed by atoms with Crippen molar-refractivity contribution in [1.82, 2.24) is 0 Å². The van der Waals surface area contributed by atoms with Crippen LogP contribution in [-0.4, -0.2) is 37.2 Å². The first-order chi connectivity index (χ1) is 20.0. The number of hydrogen-bond acceptors (Lipinski definition) is 6. The third-order valence-electron chi connectivity index (χ3n) is 7.61. The maximum absolute atomic E-state index is 12.5. The summed E-state index contributed by atoms with van der Waals surface area (Å²) in [5, 5.41) is 0. The van der Waals surface area contributed by atoms with E-state index in [1.54, 1.807) is 0 Å². The highest BCUT2D eigenvalue weighted by Crippen LogP contribution is 2.13. The van der Waals surface area contributed by atoms with E-state index in [1.165, 1.54) is 89.9 Å². The fourth-order valence-corrected chi connectivity index (χ4v) is 4.91. The molecule has 0 aromatic heterocycles. The molecule has 0 saturated heterocycles. The molecule has 41 heavy (non-hydrogen) atoms. The van der Waals surface area contributed by atoms with E-state index in [0.29, 0.717) is 19.3 Å². The fourth-order valence-electron chi connectivity index (χ4n) is 4.91. The summed E-state index contributed by atoms with van der Waals surface area (Å²) >= 11 is 0. The second-order valence-electron chi connectivity index (χ2n) is 11.8. The van der Waals surface area contributed by atoms with Crippen molar-refractivity contribution in [3.05, 3.63) is 0 Å². The van der Waals surface area contributed by atoms with Crippen molar-refractivity contribution in [2.24, 2.45) is 0 Å². The molecule has 0 rings (SSSR count). The van der Waals surface area contributed by atoms with Gasteiger partial charge in [-0.1, -0.05) is 149 Å². The van der Waals surface area contributed by atoms with Crippen LogP contribution in [0.25, 0.3) is 0 Å². The minimum absolute atomic E-state index is 0.0657. The van der Waals surface area contributed by atoms with Gasteiger partial charge in [0.25, 0.3) is 0 Å². The Morgan fingerprint density at radius 1 is 0.390 bits per heavy atom. The molecule has 0 N–H and O–H groups in total. The van der Waals surface area contributed by atoms with Crippen molar-refractivity contribution in [2.45, 2.75) is 194 Å². The van der Waals surface area contributed by atoms with Crippen LogP contribution in [0, 0.1) is 0 Å². The van der Waals surface area contributed by atoms with Gasteiger partial charge in [-0.05, 0) is 19.3 Å². The van der Waals surface area contributed by atoms with E-state index in [2.05, 4.69) is 20.8 Å². The normalized spacial score (nSPS) is 11.8. The average molecular weight is 583 g/mol. The first-order valence-corrected chi connectivity index (χ1v) is 17.5. The molecule has 0 aliphatic rings. The minimum Gasteiger partial charge on any atom is -0.462 e. The van der Waals surface area contributed by atoms with Crippen LogP contribution in [0.3, 0.4) is 0 Å². The Labute approximate surface area is 253 Å². The SMILES string of the molecule is CCCCCCCCCCCC(=O)OCC(COC(=O)CCCCCCCC)OC(=O)CCCCCCCCCC. The Balaban J connectivity index is 4.33. The summed E-state index contributed by atoms with van der Waals surface area (Å²) in [5.74, 6) is -0.885. The van der Waals surface area contributed by atoms with Crippen LogP contribution in [0.2, 0.25) is 0 Å².